The summed E-state index contributed by atoms with van der Waals surface area (Å²) in [5.41, 5.74) is 0. The first-order chi connectivity index (χ1) is 7.79. The van der Waals surface area contributed by atoms with Crippen molar-refractivity contribution >= 4 is 17.4 Å². The van der Waals surface area contributed by atoms with Crippen LogP contribution < -0.4 is 10.1 Å². The Morgan fingerprint density at radius 3 is 2.94 bits per heavy atom. The van der Waals surface area contributed by atoms with Gasteiger partial charge >= 0.3 is 0 Å². The zero-order chi connectivity index (χ0) is 11.4. The van der Waals surface area contributed by atoms with E-state index < -0.39 is 0 Å². The Morgan fingerprint density at radius 1 is 1.38 bits per heavy atom. The standard InChI is InChI=1S/C12H17ClN2O/c1-16-12-8-4-7-11(15-12)14-10-6-3-2-5-9(10)13/h4,7-10H,2-3,5-6H2,1H3,(H,14,15). The lowest BCUT2D eigenvalue weighted by molar-refractivity contribution is 0.398. The minimum atomic E-state index is 0.210. The first kappa shape index (κ1) is 11.5. The van der Waals surface area contributed by atoms with Crippen molar-refractivity contribution in [1.29, 1.82) is 0 Å². The Labute approximate surface area is 101 Å². The van der Waals surface area contributed by atoms with Crippen molar-refractivity contribution in [2.24, 2.45) is 0 Å². The van der Waals surface area contributed by atoms with E-state index in [-0.39, 0.29) is 5.38 Å². The van der Waals surface area contributed by atoms with Gasteiger partial charge in [0.25, 0.3) is 0 Å². The summed E-state index contributed by atoms with van der Waals surface area (Å²) in [5, 5.41) is 3.59. The summed E-state index contributed by atoms with van der Waals surface area (Å²) in [4.78, 5) is 4.33. The number of nitrogens with one attached hydrogen (secondary N) is 1. The van der Waals surface area contributed by atoms with Gasteiger partial charge in [0.2, 0.25) is 5.88 Å². The minimum Gasteiger partial charge on any atom is -0.481 e. The molecule has 88 valence electrons. The summed E-state index contributed by atoms with van der Waals surface area (Å²) in [6.07, 6.45) is 4.68. The van der Waals surface area contributed by atoms with E-state index in [9.17, 15) is 0 Å². The van der Waals surface area contributed by atoms with E-state index in [2.05, 4.69) is 10.3 Å². The van der Waals surface area contributed by atoms with Gasteiger partial charge in [0.15, 0.2) is 0 Å². The highest BCUT2D eigenvalue weighted by molar-refractivity contribution is 6.21. The van der Waals surface area contributed by atoms with Crippen molar-refractivity contribution in [3.05, 3.63) is 18.2 Å². The summed E-state index contributed by atoms with van der Waals surface area (Å²) >= 11 is 6.28. The molecule has 3 nitrogen and oxygen atoms in total. The first-order valence-corrected chi connectivity index (χ1v) is 6.15. The van der Waals surface area contributed by atoms with Crippen LogP contribution in [-0.2, 0) is 0 Å². The van der Waals surface area contributed by atoms with Crippen LogP contribution >= 0.6 is 11.6 Å². The van der Waals surface area contributed by atoms with Gasteiger partial charge in [-0.1, -0.05) is 18.9 Å². The number of methoxy groups -OCH3 is 1. The molecule has 1 heterocycles. The summed E-state index contributed by atoms with van der Waals surface area (Å²) in [7, 11) is 1.62. The highest BCUT2D eigenvalue weighted by atomic mass is 35.5. The number of nitrogens with zero attached hydrogens (tertiary/aromatic N) is 1. The van der Waals surface area contributed by atoms with Gasteiger partial charge in [0, 0.05) is 12.1 Å². The zero-order valence-corrected chi connectivity index (χ0v) is 10.2. The number of halogens is 1. The molecule has 4 heteroatoms. The van der Waals surface area contributed by atoms with Crippen LogP contribution in [0, 0.1) is 0 Å². The molecule has 16 heavy (non-hydrogen) atoms. The Morgan fingerprint density at radius 2 is 2.19 bits per heavy atom. The molecule has 0 aliphatic heterocycles. The number of hydrogen-bond donors (Lipinski definition) is 1. The molecule has 0 aromatic carbocycles. The third-order valence-corrected chi connectivity index (χ3v) is 3.47. The largest absolute Gasteiger partial charge is 0.481 e. The molecule has 1 saturated carbocycles. The van der Waals surface area contributed by atoms with Crippen molar-refractivity contribution < 1.29 is 4.74 Å². The van der Waals surface area contributed by atoms with Crippen molar-refractivity contribution in [2.45, 2.75) is 37.1 Å². The number of ether oxygens (including phenoxy) is 1. The summed E-state index contributed by atoms with van der Waals surface area (Å²) in [6.45, 7) is 0. The van der Waals surface area contributed by atoms with Gasteiger partial charge in [-0.2, -0.15) is 4.98 Å². The molecule has 0 spiro atoms. The molecule has 1 N–H and O–H groups in total. The molecular formula is C12H17ClN2O. The predicted molar refractivity (Wildman–Crippen MR) is 66.3 cm³/mol. The van der Waals surface area contributed by atoms with E-state index >= 15 is 0 Å². The van der Waals surface area contributed by atoms with E-state index in [0.29, 0.717) is 11.9 Å². The molecule has 0 bridgehead atoms. The predicted octanol–water partition coefficient (Wildman–Crippen LogP) is 3.05. The van der Waals surface area contributed by atoms with Crippen molar-refractivity contribution in [1.82, 2.24) is 4.98 Å². The summed E-state index contributed by atoms with van der Waals surface area (Å²) < 4.78 is 5.09. The molecule has 0 radical (unpaired) electrons. The fraction of sp³-hybridized carbons (Fsp3) is 0.583. The van der Waals surface area contributed by atoms with Crippen molar-refractivity contribution in [3.63, 3.8) is 0 Å². The third-order valence-electron chi connectivity index (χ3n) is 2.95. The molecule has 0 saturated heterocycles. The second-order valence-corrected chi connectivity index (χ2v) is 4.68. The number of aromatic nitrogens is 1. The van der Waals surface area contributed by atoms with E-state index in [1.807, 2.05) is 18.2 Å². The minimum absolute atomic E-state index is 0.210. The van der Waals surface area contributed by atoms with Crippen LogP contribution in [0.4, 0.5) is 5.82 Å². The van der Waals surface area contributed by atoms with Gasteiger partial charge in [0.05, 0.1) is 12.5 Å². The highest BCUT2D eigenvalue weighted by Crippen LogP contribution is 2.25. The van der Waals surface area contributed by atoms with Gasteiger partial charge < -0.3 is 10.1 Å². The second kappa shape index (κ2) is 5.39. The Kier molecular flexibility index (Phi) is 3.88. The van der Waals surface area contributed by atoms with E-state index in [1.54, 1.807) is 7.11 Å². The molecule has 2 rings (SSSR count). The maximum absolute atomic E-state index is 6.28. The van der Waals surface area contributed by atoms with Gasteiger partial charge in [0.1, 0.15) is 5.82 Å². The van der Waals surface area contributed by atoms with Crippen LogP contribution in [0.25, 0.3) is 0 Å². The molecule has 1 aliphatic carbocycles. The third kappa shape index (κ3) is 2.79. The van der Waals surface area contributed by atoms with Gasteiger partial charge in [-0.05, 0) is 18.9 Å². The van der Waals surface area contributed by atoms with Gasteiger partial charge in [-0.25, -0.2) is 0 Å². The van der Waals surface area contributed by atoms with E-state index in [0.717, 1.165) is 18.7 Å². The maximum Gasteiger partial charge on any atom is 0.214 e. The Balaban J connectivity index is 2.01. The van der Waals surface area contributed by atoms with Gasteiger partial charge in [-0.15, -0.1) is 11.6 Å². The lowest BCUT2D eigenvalue weighted by Crippen LogP contribution is -2.33. The molecule has 2 unspecified atom stereocenters. The van der Waals surface area contributed by atoms with Crippen LogP contribution in [0.2, 0.25) is 0 Å². The van der Waals surface area contributed by atoms with Crippen LogP contribution in [0.1, 0.15) is 25.7 Å². The number of alkyl halides is 1. The lowest BCUT2D eigenvalue weighted by Gasteiger charge is -2.28. The van der Waals surface area contributed by atoms with Crippen LogP contribution in [0.5, 0.6) is 5.88 Å². The normalized spacial score (nSPS) is 25.1. The van der Waals surface area contributed by atoms with Crippen molar-refractivity contribution in [3.8, 4) is 5.88 Å². The molecule has 1 aromatic heterocycles. The number of hydrogen-bond acceptors (Lipinski definition) is 3. The highest BCUT2D eigenvalue weighted by Gasteiger charge is 2.23. The lowest BCUT2D eigenvalue weighted by atomic mass is 9.95. The zero-order valence-electron chi connectivity index (χ0n) is 9.45. The van der Waals surface area contributed by atoms with E-state index in [1.165, 1.54) is 12.8 Å². The van der Waals surface area contributed by atoms with Crippen molar-refractivity contribution in [2.75, 3.05) is 12.4 Å². The average molecular weight is 241 g/mol. The first-order valence-electron chi connectivity index (χ1n) is 5.71. The summed E-state index contributed by atoms with van der Waals surface area (Å²) in [5.74, 6) is 1.48. The summed E-state index contributed by atoms with van der Waals surface area (Å²) in [6, 6.07) is 6.04. The number of pyridine rings is 1. The molecule has 1 aromatic rings. The maximum atomic E-state index is 6.28. The fourth-order valence-corrected chi connectivity index (χ4v) is 2.39. The topological polar surface area (TPSA) is 34.1 Å². The van der Waals surface area contributed by atoms with E-state index in [4.69, 9.17) is 16.3 Å². The monoisotopic (exact) mass is 240 g/mol. The molecule has 1 fully saturated rings. The SMILES string of the molecule is COc1cccc(NC2CCCCC2Cl)n1. The molecule has 2 atom stereocenters. The quantitative estimate of drug-likeness (QED) is 0.825. The van der Waals surface area contributed by atoms with Crippen LogP contribution in [0.15, 0.2) is 18.2 Å². The molecule has 0 amide bonds. The van der Waals surface area contributed by atoms with Crippen LogP contribution in [0.3, 0.4) is 0 Å². The average Bonchev–Trinajstić information content (AvgIpc) is 2.32. The van der Waals surface area contributed by atoms with Gasteiger partial charge in [-0.3, -0.25) is 0 Å². The Bertz CT molecular complexity index is 346. The smallest absolute Gasteiger partial charge is 0.214 e. The number of anilines is 1. The molecular weight excluding hydrogens is 224 g/mol. The second-order valence-electron chi connectivity index (χ2n) is 4.12. The number of rotatable bonds is 3. The molecule has 1 aliphatic rings. The van der Waals surface area contributed by atoms with Crippen LogP contribution in [-0.4, -0.2) is 23.5 Å². The Hall–Kier alpha value is -0.960. The fourth-order valence-electron chi connectivity index (χ4n) is 2.05.